The van der Waals surface area contributed by atoms with Crippen LogP contribution in [0.3, 0.4) is 0 Å². The standard InChI is InChI=1S/C23H37N3O3/c1-3-4-5-6-7-8-12-15-22(28)25-21(18-19(2)27)23(29)26(24)17-16-20-13-10-9-11-14-20/h9-11,13-14,21H,3-8,12,15-18,24H2,1-2H3,(H,25,28)/t21-/m1/s1. The number of amides is 2. The van der Waals surface area contributed by atoms with Gasteiger partial charge in [-0.2, -0.15) is 0 Å². The van der Waals surface area contributed by atoms with Gasteiger partial charge >= 0.3 is 0 Å². The fourth-order valence-corrected chi connectivity index (χ4v) is 3.20. The SMILES string of the molecule is CCCCCCCCCC(=O)N[C@H](CC(C)=O)C(=O)N(N)CCc1ccccc1. The molecule has 29 heavy (non-hydrogen) atoms. The summed E-state index contributed by atoms with van der Waals surface area (Å²) >= 11 is 0. The first-order chi connectivity index (χ1) is 13.9. The molecule has 1 aromatic carbocycles. The maximum Gasteiger partial charge on any atom is 0.259 e. The summed E-state index contributed by atoms with van der Waals surface area (Å²) in [6.07, 6.45) is 8.78. The Bertz CT molecular complexity index is 619. The topological polar surface area (TPSA) is 92.5 Å². The Morgan fingerprint density at radius 1 is 1.00 bits per heavy atom. The highest BCUT2D eigenvalue weighted by Crippen LogP contribution is 2.09. The van der Waals surface area contributed by atoms with Crippen LogP contribution < -0.4 is 11.2 Å². The molecule has 0 aliphatic rings. The molecule has 3 N–H and O–H groups in total. The van der Waals surface area contributed by atoms with E-state index >= 15 is 0 Å². The van der Waals surface area contributed by atoms with Crippen LogP contribution in [-0.4, -0.2) is 35.2 Å². The molecule has 0 aliphatic carbocycles. The number of hydrogen-bond donors (Lipinski definition) is 2. The molecule has 0 saturated carbocycles. The third-order valence-corrected chi connectivity index (χ3v) is 4.90. The van der Waals surface area contributed by atoms with Gasteiger partial charge in [0.05, 0.1) is 0 Å². The van der Waals surface area contributed by atoms with Crippen molar-refractivity contribution in [1.82, 2.24) is 10.3 Å². The van der Waals surface area contributed by atoms with Crippen molar-refractivity contribution in [1.29, 1.82) is 0 Å². The number of unbranched alkanes of at least 4 members (excludes halogenated alkanes) is 6. The first-order valence-corrected chi connectivity index (χ1v) is 10.8. The summed E-state index contributed by atoms with van der Waals surface area (Å²) in [6, 6.07) is 8.83. The van der Waals surface area contributed by atoms with Gasteiger partial charge in [0.15, 0.2) is 0 Å². The van der Waals surface area contributed by atoms with Crippen LogP contribution in [-0.2, 0) is 20.8 Å². The van der Waals surface area contributed by atoms with E-state index in [1.165, 1.54) is 32.6 Å². The number of hydrazine groups is 1. The van der Waals surface area contributed by atoms with Gasteiger partial charge in [-0.3, -0.25) is 19.4 Å². The number of benzene rings is 1. The van der Waals surface area contributed by atoms with Crippen molar-refractivity contribution >= 4 is 17.6 Å². The number of nitrogens with one attached hydrogen (secondary N) is 1. The van der Waals surface area contributed by atoms with Crippen molar-refractivity contribution < 1.29 is 14.4 Å². The first kappa shape index (κ1) is 24.8. The van der Waals surface area contributed by atoms with Gasteiger partial charge in [-0.25, -0.2) is 5.84 Å². The second kappa shape index (κ2) is 14.7. The van der Waals surface area contributed by atoms with Crippen LogP contribution in [0.25, 0.3) is 0 Å². The lowest BCUT2D eigenvalue weighted by Crippen LogP contribution is -2.52. The highest BCUT2D eigenvalue weighted by atomic mass is 16.2. The molecule has 0 bridgehead atoms. The molecule has 0 heterocycles. The van der Waals surface area contributed by atoms with Crippen LogP contribution in [0.2, 0.25) is 0 Å². The smallest absolute Gasteiger partial charge is 0.259 e. The normalized spacial score (nSPS) is 11.7. The molecule has 0 saturated heterocycles. The monoisotopic (exact) mass is 403 g/mol. The summed E-state index contributed by atoms with van der Waals surface area (Å²) in [5.74, 6) is 5.14. The molecule has 6 heteroatoms. The molecule has 1 atom stereocenters. The van der Waals surface area contributed by atoms with E-state index in [2.05, 4.69) is 12.2 Å². The molecule has 0 fully saturated rings. The highest BCUT2D eigenvalue weighted by Gasteiger charge is 2.25. The third-order valence-electron chi connectivity index (χ3n) is 4.90. The number of carbonyl (C=O) groups excluding carboxylic acids is 3. The Morgan fingerprint density at radius 3 is 2.24 bits per heavy atom. The van der Waals surface area contributed by atoms with Crippen molar-refractivity contribution in [3.63, 3.8) is 0 Å². The first-order valence-electron chi connectivity index (χ1n) is 10.8. The van der Waals surface area contributed by atoms with E-state index in [1.807, 2.05) is 30.3 Å². The summed E-state index contributed by atoms with van der Waals surface area (Å²) < 4.78 is 0. The quantitative estimate of drug-likeness (QED) is 0.203. The van der Waals surface area contributed by atoms with Crippen LogP contribution in [0, 0.1) is 0 Å². The average molecular weight is 404 g/mol. The fourth-order valence-electron chi connectivity index (χ4n) is 3.20. The summed E-state index contributed by atoms with van der Waals surface area (Å²) in [5.41, 5.74) is 1.07. The van der Waals surface area contributed by atoms with E-state index < -0.39 is 11.9 Å². The second-order valence-electron chi connectivity index (χ2n) is 7.66. The molecule has 0 radical (unpaired) electrons. The van der Waals surface area contributed by atoms with Gasteiger partial charge in [-0.15, -0.1) is 0 Å². The number of hydrogen-bond acceptors (Lipinski definition) is 4. The lowest BCUT2D eigenvalue weighted by atomic mass is 10.1. The number of rotatable bonds is 15. The molecule has 6 nitrogen and oxygen atoms in total. The molecular formula is C23H37N3O3. The fraction of sp³-hybridized carbons (Fsp3) is 0.609. The molecule has 0 spiro atoms. The van der Waals surface area contributed by atoms with Crippen LogP contribution >= 0.6 is 0 Å². The second-order valence-corrected chi connectivity index (χ2v) is 7.66. The van der Waals surface area contributed by atoms with Gasteiger partial charge < -0.3 is 5.32 Å². The van der Waals surface area contributed by atoms with E-state index in [-0.39, 0.29) is 18.1 Å². The highest BCUT2D eigenvalue weighted by molar-refractivity contribution is 5.91. The van der Waals surface area contributed by atoms with Gasteiger partial charge in [-0.1, -0.05) is 75.8 Å². The van der Waals surface area contributed by atoms with Crippen molar-refractivity contribution in [2.24, 2.45) is 5.84 Å². The van der Waals surface area contributed by atoms with Crippen molar-refractivity contribution in [2.45, 2.75) is 84.1 Å². The van der Waals surface area contributed by atoms with Crippen LogP contribution in [0.4, 0.5) is 0 Å². The third kappa shape index (κ3) is 11.4. The average Bonchev–Trinajstić information content (AvgIpc) is 2.70. The molecule has 0 aromatic heterocycles. The van der Waals surface area contributed by atoms with E-state index in [4.69, 9.17) is 5.84 Å². The van der Waals surface area contributed by atoms with Crippen molar-refractivity contribution in [3.8, 4) is 0 Å². The van der Waals surface area contributed by atoms with Crippen LogP contribution in [0.1, 0.15) is 77.2 Å². The summed E-state index contributed by atoms with van der Waals surface area (Å²) in [6.45, 7) is 3.92. The van der Waals surface area contributed by atoms with Crippen LogP contribution in [0.15, 0.2) is 30.3 Å². The zero-order valence-electron chi connectivity index (χ0n) is 18.0. The molecule has 1 rings (SSSR count). The Kier molecular flexibility index (Phi) is 12.6. The van der Waals surface area contributed by atoms with E-state index in [1.54, 1.807) is 0 Å². The van der Waals surface area contributed by atoms with Crippen molar-refractivity contribution in [3.05, 3.63) is 35.9 Å². The van der Waals surface area contributed by atoms with Crippen LogP contribution in [0.5, 0.6) is 0 Å². The molecule has 2 amide bonds. The molecule has 0 unspecified atom stereocenters. The summed E-state index contributed by atoms with van der Waals surface area (Å²) in [5, 5.41) is 3.81. The zero-order chi connectivity index (χ0) is 21.5. The predicted octanol–water partition coefficient (Wildman–Crippen LogP) is 3.54. The summed E-state index contributed by atoms with van der Waals surface area (Å²) in [4.78, 5) is 36.5. The molecule has 0 aliphatic heterocycles. The van der Waals surface area contributed by atoms with Gasteiger partial charge in [0.25, 0.3) is 5.91 Å². The number of Topliss-reactive ketones (excluding diaryl/α,β-unsaturated/α-hetero) is 1. The number of nitrogens with two attached hydrogens (primary N) is 1. The predicted molar refractivity (Wildman–Crippen MR) is 116 cm³/mol. The molecular weight excluding hydrogens is 366 g/mol. The largest absolute Gasteiger partial charge is 0.344 e. The Labute approximate surface area is 175 Å². The minimum atomic E-state index is -0.898. The Morgan fingerprint density at radius 2 is 1.62 bits per heavy atom. The van der Waals surface area contributed by atoms with E-state index in [9.17, 15) is 14.4 Å². The number of nitrogens with zero attached hydrogens (tertiary/aromatic N) is 1. The van der Waals surface area contributed by atoms with Gasteiger partial charge in [0.1, 0.15) is 11.8 Å². The van der Waals surface area contributed by atoms with E-state index in [0.717, 1.165) is 29.8 Å². The van der Waals surface area contributed by atoms with E-state index in [0.29, 0.717) is 19.4 Å². The van der Waals surface area contributed by atoms with Gasteiger partial charge in [-0.05, 0) is 25.3 Å². The van der Waals surface area contributed by atoms with Gasteiger partial charge in [0, 0.05) is 19.4 Å². The number of ketones is 1. The zero-order valence-corrected chi connectivity index (χ0v) is 18.0. The minimum Gasteiger partial charge on any atom is -0.344 e. The molecule has 1 aromatic rings. The van der Waals surface area contributed by atoms with Crippen molar-refractivity contribution in [2.75, 3.05) is 6.54 Å². The summed E-state index contributed by atoms with van der Waals surface area (Å²) in [7, 11) is 0. The Balaban J connectivity index is 2.43. The lowest BCUT2D eigenvalue weighted by Gasteiger charge is -2.23. The Hall–Kier alpha value is -2.21. The number of carbonyl (C=O) groups is 3. The maximum atomic E-state index is 12.6. The minimum absolute atomic E-state index is 0.0410. The van der Waals surface area contributed by atoms with Gasteiger partial charge in [0.2, 0.25) is 5.91 Å². The maximum absolute atomic E-state index is 12.6. The molecule has 162 valence electrons. The lowest BCUT2D eigenvalue weighted by molar-refractivity contribution is -0.138.